The van der Waals surface area contributed by atoms with Gasteiger partial charge in [0.1, 0.15) is 6.61 Å². The molecule has 0 amide bonds. The minimum atomic E-state index is 0.321. The van der Waals surface area contributed by atoms with Crippen LogP contribution in [0.4, 0.5) is 0 Å². The van der Waals surface area contributed by atoms with E-state index in [0.717, 1.165) is 35.9 Å². The summed E-state index contributed by atoms with van der Waals surface area (Å²) in [5.41, 5.74) is 2.37. The van der Waals surface area contributed by atoms with E-state index < -0.39 is 0 Å². The fourth-order valence-corrected chi connectivity index (χ4v) is 3.03. The molecule has 0 aliphatic carbocycles. The van der Waals surface area contributed by atoms with Crippen LogP contribution in [-0.4, -0.2) is 26.3 Å². The van der Waals surface area contributed by atoms with E-state index in [1.807, 2.05) is 30.3 Å². The third-order valence-electron chi connectivity index (χ3n) is 3.96. The average molecular weight is 318 g/mol. The van der Waals surface area contributed by atoms with E-state index in [2.05, 4.69) is 17.4 Å². The molecule has 22 heavy (non-hydrogen) atoms. The van der Waals surface area contributed by atoms with Gasteiger partial charge in [-0.3, -0.25) is 0 Å². The normalized spacial score (nSPS) is 16.7. The molecule has 1 atom stereocenters. The maximum Gasteiger partial charge on any atom is 0.164 e. The van der Waals surface area contributed by atoms with Crippen molar-refractivity contribution in [2.24, 2.45) is 0 Å². The smallest absolute Gasteiger partial charge is 0.164 e. The van der Waals surface area contributed by atoms with E-state index >= 15 is 0 Å². The van der Waals surface area contributed by atoms with Crippen LogP contribution < -0.4 is 14.8 Å². The Morgan fingerprint density at radius 2 is 2.09 bits per heavy atom. The van der Waals surface area contributed by atoms with Crippen LogP contribution in [-0.2, 0) is 12.8 Å². The lowest BCUT2D eigenvalue weighted by Gasteiger charge is -2.27. The SMILES string of the molecule is COc1cccc2c1OCC(NCCc1ccccc1Cl)C2. The molecule has 1 heterocycles. The number of ether oxygens (including phenoxy) is 2. The van der Waals surface area contributed by atoms with Crippen LogP contribution in [0.3, 0.4) is 0 Å². The van der Waals surface area contributed by atoms with Gasteiger partial charge >= 0.3 is 0 Å². The molecule has 0 saturated heterocycles. The largest absolute Gasteiger partial charge is 0.493 e. The second kappa shape index (κ2) is 7.03. The molecule has 2 aromatic rings. The highest BCUT2D eigenvalue weighted by atomic mass is 35.5. The van der Waals surface area contributed by atoms with Crippen LogP contribution in [0, 0.1) is 0 Å². The van der Waals surface area contributed by atoms with Crippen molar-refractivity contribution in [2.45, 2.75) is 18.9 Å². The Kier molecular flexibility index (Phi) is 4.86. The molecule has 3 nitrogen and oxygen atoms in total. The molecule has 3 rings (SSSR count). The molecule has 4 heteroatoms. The van der Waals surface area contributed by atoms with Crippen LogP contribution in [0.2, 0.25) is 5.02 Å². The molecule has 2 aromatic carbocycles. The van der Waals surface area contributed by atoms with Gasteiger partial charge in [0.05, 0.1) is 7.11 Å². The molecule has 0 spiro atoms. The lowest BCUT2D eigenvalue weighted by Crippen LogP contribution is -2.40. The topological polar surface area (TPSA) is 30.5 Å². The number of methoxy groups -OCH3 is 1. The zero-order valence-electron chi connectivity index (χ0n) is 12.6. The monoisotopic (exact) mass is 317 g/mol. The molecule has 0 bridgehead atoms. The van der Waals surface area contributed by atoms with Crippen molar-refractivity contribution in [1.29, 1.82) is 0 Å². The summed E-state index contributed by atoms with van der Waals surface area (Å²) in [7, 11) is 1.67. The second-order valence-corrected chi connectivity index (χ2v) is 5.86. The fourth-order valence-electron chi connectivity index (χ4n) is 2.80. The lowest BCUT2D eigenvalue weighted by atomic mass is 10.0. The fraction of sp³-hybridized carbons (Fsp3) is 0.333. The maximum absolute atomic E-state index is 6.18. The summed E-state index contributed by atoms with van der Waals surface area (Å²) in [6.45, 7) is 1.55. The van der Waals surface area contributed by atoms with Gasteiger partial charge in [-0.15, -0.1) is 0 Å². The Balaban J connectivity index is 1.56. The Morgan fingerprint density at radius 1 is 1.23 bits per heavy atom. The van der Waals surface area contributed by atoms with E-state index in [9.17, 15) is 0 Å². The third-order valence-corrected chi connectivity index (χ3v) is 4.33. The number of nitrogens with one attached hydrogen (secondary N) is 1. The Morgan fingerprint density at radius 3 is 2.91 bits per heavy atom. The summed E-state index contributed by atoms with van der Waals surface area (Å²) >= 11 is 6.18. The van der Waals surface area contributed by atoms with Crippen molar-refractivity contribution in [3.63, 3.8) is 0 Å². The Hall–Kier alpha value is -1.71. The van der Waals surface area contributed by atoms with Gasteiger partial charge in [0.2, 0.25) is 0 Å². The van der Waals surface area contributed by atoms with Gasteiger partial charge in [0, 0.05) is 11.1 Å². The van der Waals surface area contributed by atoms with Crippen molar-refractivity contribution in [2.75, 3.05) is 20.3 Å². The maximum atomic E-state index is 6.18. The number of fused-ring (bicyclic) bond motifs is 1. The standard InChI is InChI=1S/C18H20ClNO2/c1-21-17-8-4-6-14-11-15(12-22-18(14)17)20-10-9-13-5-2-3-7-16(13)19/h2-8,15,20H,9-12H2,1H3. The quantitative estimate of drug-likeness (QED) is 0.915. The van der Waals surface area contributed by atoms with E-state index in [4.69, 9.17) is 21.1 Å². The zero-order valence-corrected chi connectivity index (χ0v) is 13.4. The number of halogens is 1. The Labute approximate surface area is 136 Å². The van der Waals surface area contributed by atoms with E-state index in [1.54, 1.807) is 7.11 Å². The molecule has 0 aromatic heterocycles. The summed E-state index contributed by atoms with van der Waals surface area (Å²) in [5.74, 6) is 1.70. The molecular formula is C18H20ClNO2. The van der Waals surface area contributed by atoms with Gasteiger partial charge in [-0.25, -0.2) is 0 Å². The second-order valence-electron chi connectivity index (χ2n) is 5.46. The van der Waals surface area contributed by atoms with Crippen molar-refractivity contribution >= 4 is 11.6 Å². The third kappa shape index (κ3) is 3.37. The highest BCUT2D eigenvalue weighted by Crippen LogP contribution is 2.34. The minimum Gasteiger partial charge on any atom is -0.493 e. The molecule has 1 aliphatic heterocycles. The molecule has 1 N–H and O–H groups in total. The van der Waals surface area contributed by atoms with Crippen molar-refractivity contribution < 1.29 is 9.47 Å². The van der Waals surface area contributed by atoms with Crippen LogP contribution >= 0.6 is 11.6 Å². The van der Waals surface area contributed by atoms with Gasteiger partial charge in [-0.1, -0.05) is 41.9 Å². The predicted molar refractivity (Wildman–Crippen MR) is 89.1 cm³/mol. The molecule has 0 saturated carbocycles. The van der Waals surface area contributed by atoms with Gasteiger partial charge in [0.25, 0.3) is 0 Å². The average Bonchev–Trinajstić information content (AvgIpc) is 2.56. The van der Waals surface area contributed by atoms with Gasteiger partial charge in [-0.05, 0) is 42.6 Å². The lowest BCUT2D eigenvalue weighted by molar-refractivity contribution is 0.228. The number of rotatable bonds is 5. The van der Waals surface area contributed by atoms with Crippen molar-refractivity contribution in [1.82, 2.24) is 5.32 Å². The molecule has 0 fully saturated rings. The summed E-state index contributed by atoms with van der Waals surface area (Å²) in [5, 5.41) is 4.38. The molecule has 1 unspecified atom stereocenters. The highest BCUT2D eigenvalue weighted by molar-refractivity contribution is 6.31. The zero-order chi connectivity index (χ0) is 15.4. The van der Waals surface area contributed by atoms with Gasteiger partial charge in [0.15, 0.2) is 11.5 Å². The molecule has 1 aliphatic rings. The van der Waals surface area contributed by atoms with E-state index in [0.29, 0.717) is 12.6 Å². The summed E-state index contributed by atoms with van der Waals surface area (Å²) in [6, 6.07) is 14.3. The van der Waals surface area contributed by atoms with Crippen molar-refractivity contribution in [3.05, 3.63) is 58.6 Å². The summed E-state index contributed by atoms with van der Waals surface area (Å²) < 4.78 is 11.2. The van der Waals surface area contributed by atoms with Gasteiger partial charge in [-0.2, -0.15) is 0 Å². The molecule has 116 valence electrons. The number of benzene rings is 2. The highest BCUT2D eigenvalue weighted by Gasteiger charge is 2.22. The molecule has 0 radical (unpaired) electrons. The van der Waals surface area contributed by atoms with Crippen LogP contribution in [0.5, 0.6) is 11.5 Å². The predicted octanol–water partition coefficient (Wildman–Crippen LogP) is 3.48. The number of para-hydroxylation sites is 1. The number of hydrogen-bond donors (Lipinski definition) is 1. The van der Waals surface area contributed by atoms with Crippen LogP contribution in [0.1, 0.15) is 11.1 Å². The number of hydrogen-bond acceptors (Lipinski definition) is 3. The van der Waals surface area contributed by atoms with Gasteiger partial charge < -0.3 is 14.8 Å². The first-order chi connectivity index (χ1) is 10.8. The van der Waals surface area contributed by atoms with Crippen LogP contribution in [0.25, 0.3) is 0 Å². The first kappa shape index (κ1) is 15.2. The van der Waals surface area contributed by atoms with E-state index in [1.165, 1.54) is 11.1 Å². The summed E-state index contributed by atoms with van der Waals surface area (Å²) in [6.07, 6.45) is 1.87. The van der Waals surface area contributed by atoms with Crippen molar-refractivity contribution in [3.8, 4) is 11.5 Å². The molecular weight excluding hydrogens is 298 g/mol. The first-order valence-electron chi connectivity index (χ1n) is 7.53. The Bertz CT molecular complexity index is 645. The minimum absolute atomic E-state index is 0.321. The van der Waals surface area contributed by atoms with Crippen LogP contribution in [0.15, 0.2) is 42.5 Å². The first-order valence-corrected chi connectivity index (χ1v) is 7.91. The van der Waals surface area contributed by atoms with E-state index in [-0.39, 0.29) is 0 Å². The summed E-state index contributed by atoms with van der Waals surface area (Å²) in [4.78, 5) is 0.